The second kappa shape index (κ2) is 6.62. The molecule has 2 rings (SSSR count). The Morgan fingerprint density at radius 2 is 2.00 bits per heavy atom. The smallest absolute Gasteiger partial charge is 0.252 e. The van der Waals surface area contributed by atoms with Crippen molar-refractivity contribution in [2.24, 2.45) is 0 Å². The molecule has 1 aromatic rings. The number of morpholine rings is 1. The number of aromatic amines is 1. The van der Waals surface area contributed by atoms with E-state index in [0.29, 0.717) is 12.1 Å². The second-order valence-electron chi connectivity index (χ2n) is 6.60. The zero-order chi connectivity index (χ0) is 16.3. The van der Waals surface area contributed by atoms with Gasteiger partial charge in [-0.25, -0.2) is 0 Å². The highest BCUT2D eigenvalue weighted by molar-refractivity contribution is 5.93. The third-order valence-corrected chi connectivity index (χ3v) is 4.00. The van der Waals surface area contributed by atoms with Crippen molar-refractivity contribution in [2.45, 2.75) is 45.4 Å². The number of aromatic nitrogens is 1. The molecule has 0 unspecified atom stereocenters. The number of carbonyl (C=O) groups is 1. The summed E-state index contributed by atoms with van der Waals surface area (Å²) in [6.45, 7) is 10.6. The van der Waals surface area contributed by atoms with Crippen molar-refractivity contribution in [1.29, 1.82) is 0 Å². The maximum atomic E-state index is 12.1. The molecule has 22 heavy (non-hydrogen) atoms. The highest BCUT2D eigenvalue weighted by atomic mass is 16.5. The fourth-order valence-corrected chi connectivity index (χ4v) is 2.73. The number of H-pyrrole nitrogens is 1. The first-order valence-electron chi connectivity index (χ1n) is 7.65. The number of ether oxygens (including phenoxy) is 1. The average Bonchev–Trinajstić information content (AvgIpc) is 2.44. The average molecular weight is 307 g/mol. The van der Waals surface area contributed by atoms with Gasteiger partial charge in [-0.15, -0.1) is 0 Å². The SMILES string of the molecule is C[C@@H]1CN(C(C)(C)CNC(=O)c2ccc(=O)[nH]c2)C[C@@H](C)O1. The van der Waals surface area contributed by atoms with E-state index < -0.39 is 0 Å². The maximum absolute atomic E-state index is 12.1. The fraction of sp³-hybridized carbons (Fsp3) is 0.625. The number of nitrogens with one attached hydrogen (secondary N) is 2. The molecule has 1 aliphatic heterocycles. The number of hydrogen-bond acceptors (Lipinski definition) is 4. The van der Waals surface area contributed by atoms with E-state index >= 15 is 0 Å². The van der Waals surface area contributed by atoms with Crippen molar-refractivity contribution in [1.82, 2.24) is 15.2 Å². The summed E-state index contributed by atoms with van der Waals surface area (Å²) in [5, 5.41) is 2.94. The fourth-order valence-electron chi connectivity index (χ4n) is 2.73. The van der Waals surface area contributed by atoms with Gasteiger partial charge in [0.15, 0.2) is 0 Å². The molecule has 6 heteroatoms. The number of carbonyl (C=O) groups excluding carboxylic acids is 1. The van der Waals surface area contributed by atoms with Crippen LogP contribution in [-0.2, 0) is 4.74 Å². The summed E-state index contributed by atoms with van der Waals surface area (Å²) in [5.41, 5.74) is 0.0803. The number of pyridine rings is 1. The van der Waals surface area contributed by atoms with E-state index in [1.165, 1.54) is 18.3 Å². The number of rotatable bonds is 4. The molecule has 0 radical (unpaired) electrons. The van der Waals surface area contributed by atoms with E-state index in [1.807, 2.05) is 0 Å². The summed E-state index contributed by atoms with van der Waals surface area (Å²) >= 11 is 0. The van der Waals surface area contributed by atoms with Crippen LogP contribution in [0.4, 0.5) is 0 Å². The summed E-state index contributed by atoms with van der Waals surface area (Å²) < 4.78 is 5.75. The van der Waals surface area contributed by atoms with Gasteiger partial charge in [-0.05, 0) is 33.8 Å². The van der Waals surface area contributed by atoms with E-state index in [2.05, 4.69) is 42.9 Å². The largest absolute Gasteiger partial charge is 0.373 e. The zero-order valence-electron chi connectivity index (χ0n) is 13.7. The Morgan fingerprint density at radius 3 is 2.55 bits per heavy atom. The van der Waals surface area contributed by atoms with Crippen LogP contribution in [0.5, 0.6) is 0 Å². The van der Waals surface area contributed by atoms with Gasteiger partial charge in [0.1, 0.15) is 0 Å². The Balaban J connectivity index is 1.95. The summed E-state index contributed by atoms with van der Waals surface area (Å²) in [4.78, 5) is 28.0. The number of amides is 1. The van der Waals surface area contributed by atoms with E-state index in [4.69, 9.17) is 4.74 Å². The van der Waals surface area contributed by atoms with Crippen LogP contribution >= 0.6 is 0 Å². The molecular weight excluding hydrogens is 282 g/mol. The predicted molar refractivity (Wildman–Crippen MR) is 85.1 cm³/mol. The van der Waals surface area contributed by atoms with Gasteiger partial charge >= 0.3 is 0 Å². The van der Waals surface area contributed by atoms with Crippen LogP contribution in [0.15, 0.2) is 23.1 Å². The van der Waals surface area contributed by atoms with Gasteiger partial charge in [-0.1, -0.05) is 0 Å². The Labute approximate surface area is 130 Å². The molecule has 1 fully saturated rings. The molecule has 6 nitrogen and oxygen atoms in total. The summed E-state index contributed by atoms with van der Waals surface area (Å²) in [6.07, 6.45) is 1.82. The van der Waals surface area contributed by atoms with E-state index in [-0.39, 0.29) is 29.2 Å². The minimum Gasteiger partial charge on any atom is -0.373 e. The number of nitrogens with zero attached hydrogens (tertiary/aromatic N) is 1. The lowest BCUT2D eigenvalue weighted by molar-refractivity contribution is -0.0948. The first-order valence-corrected chi connectivity index (χ1v) is 7.65. The molecule has 0 saturated carbocycles. The molecule has 1 amide bonds. The Hall–Kier alpha value is -1.66. The Morgan fingerprint density at radius 1 is 1.36 bits per heavy atom. The lowest BCUT2D eigenvalue weighted by atomic mass is 10.00. The van der Waals surface area contributed by atoms with Gasteiger partial charge in [0.25, 0.3) is 5.91 Å². The van der Waals surface area contributed by atoms with Gasteiger partial charge in [-0.3, -0.25) is 14.5 Å². The van der Waals surface area contributed by atoms with Gasteiger partial charge < -0.3 is 15.0 Å². The van der Waals surface area contributed by atoms with Gasteiger partial charge in [0.2, 0.25) is 5.56 Å². The van der Waals surface area contributed by atoms with Gasteiger partial charge in [-0.2, -0.15) is 0 Å². The minimum absolute atomic E-state index is 0.163. The van der Waals surface area contributed by atoms with Crippen molar-refractivity contribution < 1.29 is 9.53 Å². The molecule has 2 heterocycles. The molecule has 0 bridgehead atoms. The van der Waals surface area contributed by atoms with Crippen LogP contribution < -0.4 is 10.9 Å². The molecule has 2 N–H and O–H groups in total. The summed E-state index contributed by atoms with van der Waals surface area (Å²) in [5.74, 6) is -0.182. The van der Waals surface area contributed by atoms with Crippen LogP contribution in [0, 0.1) is 0 Å². The normalized spacial score (nSPS) is 23.3. The van der Waals surface area contributed by atoms with E-state index in [9.17, 15) is 9.59 Å². The quantitative estimate of drug-likeness (QED) is 0.870. The van der Waals surface area contributed by atoms with Crippen molar-refractivity contribution in [3.8, 4) is 0 Å². The Bertz CT molecular complexity index is 552. The van der Waals surface area contributed by atoms with E-state index in [0.717, 1.165) is 13.1 Å². The van der Waals surface area contributed by atoms with Crippen LogP contribution in [0.1, 0.15) is 38.1 Å². The predicted octanol–water partition coefficient (Wildman–Crippen LogP) is 0.993. The van der Waals surface area contributed by atoms with Crippen LogP contribution in [0.3, 0.4) is 0 Å². The zero-order valence-corrected chi connectivity index (χ0v) is 13.7. The summed E-state index contributed by atoms with van der Waals surface area (Å²) in [7, 11) is 0. The molecule has 0 aromatic carbocycles. The highest BCUT2D eigenvalue weighted by Gasteiger charge is 2.33. The molecule has 2 atom stereocenters. The van der Waals surface area contributed by atoms with E-state index in [1.54, 1.807) is 0 Å². The lowest BCUT2D eigenvalue weighted by Crippen LogP contribution is -2.58. The molecule has 0 spiro atoms. The molecule has 1 aromatic heterocycles. The molecule has 1 aliphatic rings. The first kappa shape index (κ1) is 16.7. The molecule has 122 valence electrons. The van der Waals surface area contributed by atoms with Crippen LogP contribution in [0.25, 0.3) is 0 Å². The standard InChI is InChI=1S/C16H25N3O3/c1-11-8-19(9-12(2)22-11)16(3,4)10-18-15(21)13-5-6-14(20)17-7-13/h5-7,11-12H,8-10H2,1-4H3,(H,17,20)(H,18,21)/t11-,12-/m1/s1. The third-order valence-electron chi connectivity index (χ3n) is 4.00. The van der Waals surface area contributed by atoms with Gasteiger partial charge in [0.05, 0.1) is 17.8 Å². The third kappa shape index (κ3) is 4.18. The minimum atomic E-state index is -0.215. The molecule has 0 aliphatic carbocycles. The molecule has 1 saturated heterocycles. The summed E-state index contributed by atoms with van der Waals surface area (Å²) in [6, 6.07) is 2.88. The maximum Gasteiger partial charge on any atom is 0.252 e. The topological polar surface area (TPSA) is 74.4 Å². The first-order chi connectivity index (χ1) is 10.3. The van der Waals surface area contributed by atoms with Crippen molar-refractivity contribution >= 4 is 5.91 Å². The van der Waals surface area contributed by atoms with Crippen molar-refractivity contribution in [2.75, 3.05) is 19.6 Å². The van der Waals surface area contributed by atoms with Crippen molar-refractivity contribution in [3.63, 3.8) is 0 Å². The number of hydrogen-bond donors (Lipinski definition) is 2. The second-order valence-corrected chi connectivity index (χ2v) is 6.60. The van der Waals surface area contributed by atoms with Crippen LogP contribution in [-0.4, -0.2) is 53.2 Å². The van der Waals surface area contributed by atoms with Gasteiger partial charge in [0, 0.05) is 37.4 Å². The highest BCUT2D eigenvalue weighted by Crippen LogP contribution is 2.20. The lowest BCUT2D eigenvalue weighted by Gasteiger charge is -2.45. The Kier molecular flexibility index (Phi) is 5.03. The monoisotopic (exact) mass is 307 g/mol. The van der Waals surface area contributed by atoms with Crippen molar-refractivity contribution in [3.05, 3.63) is 34.2 Å². The molecular formula is C16H25N3O3. The van der Waals surface area contributed by atoms with Crippen LogP contribution in [0.2, 0.25) is 0 Å².